The van der Waals surface area contributed by atoms with Crippen molar-refractivity contribution in [2.24, 2.45) is 0 Å². The molecule has 7 nitrogen and oxygen atoms in total. The Hall–Kier alpha value is -3.19. The molecule has 0 heterocycles. The van der Waals surface area contributed by atoms with Gasteiger partial charge in [0.05, 0.1) is 27.0 Å². The quantitative estimate of drug-likeness (QED) is 0.515. The number of esters is 1. The van der Waals surface area contributed by atoms with Crippen LogP contribution in [0.3, 0.4) is 0 Å². The Bertz CT molecular complexity index is 912. The fraction of sp³-hybridized carbons (Fsp3) is 0.238. The van der Waals surface area contributed by atoms with Gasteiger partial charge in [-0.25, -0.2) is 4.79 Å². The van der Waals surface area contributed by atoms with Crippen LogP contribution in [0.15, 0.2) is 42.5 Å². The van der Waals surface area contributed by atoms with Crippen molar-refractivity contribution in [2.75, 3.05) is 26.6 Å². The van der Waals surface area contributed by atoms with Gasteiger partial charge in [-0.15, -0.1) is 0 Å². The zero-order chi connectivity index (χ0) is 21.4. The fourth-order valence-corrected chi connectivity index (χ4v) is 2.57. The summed E-state index contributed by atoms with van der Waals surface area (Å²) in [5, 5.41) is 3.06. The average Bonchev–Trinajstić information content (AvgIpc) is 2.72. The molecule has 0 spiro atoms. The average molecular weight is 420 g/mol. The van der Waals surface area contributed by atoms with E-state index < -0.39 is 18.0 Å². The van der Waals surface area contributed by atoms with Gasteiger partial charge in [-0.2, -0.15) is 0 Å². The Labute approximate surface area is 174 Å². The van der Waals surface area contributed by atoms with E-state index in [-0.39, 0.29) is 0 Å². The molecule has 0 radical (unpaired) electrons. The van der Waals surface area contributed by atoms with E-state index in [1.165, 1.54) is 33.3 Å². The number of nitrogens with one attached hydrogen (secondary N) is 1. The molecule has 1 N–H and O–H groups in total. The van der Waals surface area contributed by atoms with Gasteiger partial charge in [0.25, 0.3) is 5.91 Å². The smallest absolute Gasteiger partial charge is 0.331 e. The summed E-state index contributed by atoms with van der Waals surface area (Å²) in [6.07, 6.45) is 1.72. The number of hydrogen-bond acceptors (Lipinski definition) is 6. The summed E-state index contributed by atoms with van der Waals surface area (Å²) in [7, 11) is 4.54. The molecule has 0 aromatic heterocycles. The second kappa shape index (κ2) is 10.4. The molecule has 2 rings (SSSR count). The Balaban J connectivity index is 2.01. The highest BCUT2D eigenvalue weighted by Crippen LogP contribution is 2.28. The van der Waals surface area contributed by atoms with Crippen LogP contribution in [0.25, 0.3) is 6.08 Å². The van der Waals surface area contributed by atoms with Crippen LogP contribution in [0.5, 0.6) is 17.2 Å². The predicted octanol–water partition coefficient (Wildman–Crippen LogP) is 3.95. The molecule has 1 amide bonds. The van der Waals surface area contributed by atoms with Crippen LogP contribution in [0.2, 0.25) is 5.02 Å². The highest BCUT2D eigenvalue weighted by Gasteiger charge is 2.18. The first-order chi connectivity index (χ1) is 13.9. The normalized spacial score (nSPS) is 11.6. The molecule has 0 unspecified atom stereocenters. The number of amides is 1. The molecule has 154 valence electrons. The maximum atomic E-state index is 12.3. The minimum atomic E-state index is -1.03. The van der Waals surface area contributed by atoms with Gasteiger partial charge in [0.2, 0.25) is 0 Å². The zero-order valence-electron chi connectivity index (χ0n) is 16.5. The number of benzene rings is 2. The second-order valence-electron chi connectivity index (χ2n) is 5.85. The highest BCUT2D eigenvalue weighted by molar-refractivity contribution is 6.31. The summed E-state index contributed by atoms with van der Waals surface area (Å²) in [5.74, 6) is 0.404. The summed E-state index contributed by atoms with van der Waals surface area (Å²) >= 11 is 5.94. The fourth-order valence-electron chi connectivity index (χ4n) is 2.39. The lowest BCUT2D eigenvalue weighted by Gasteiger charge is -2.14. The number of ether oxygens (including phenoxy) is 4. The summed E-state index contributed by atoms with van der Waals surface area (Å²) < 4.78 is 20.7. The molecule has 0 saturated heterocycles. The van der Waals surface area contributed by atoms with Gasteiger partial charge in [-0.1, -0.05) is 11.6 Å². The predicted molar refractivity (Wildman–Crippen MR) is 111 cm³/mol. The van der Waals surface area contributed by atoms with Crippen LogP contribution in [0, 0.1) is 0 Å². The maximum Gasteiger partial charge on any atom is 0.331 e. The van der Waals surface area contributed by atoms with Crippen LogP contribution in [-0.2, 0) is 14.3 Å². The number of anilines is 1. The third-order valence-electron chi connectivity index (χ3n) is 3.92. The Morgan fingerprint density at radius 2 is 1.72 bits per heavy atom. The van der Waals surface area contributed by atoms with Gasteiger partial charge < -0.3 is 24.3 Å². The molecule has 1 atom stereocenters. The maximum absolute atomic E-state index is 12.3. The number of hydrogen-bond donors (Lipinski definition) is 1. The highest BCUT2D eigenvalue weighted by atomic mass is 35.5. The first kappa shape index (κ1) is 22.1. The van der Waals surface area contributed by atoms with Crippen LogP contribution >= 0.6 is 11.6 Å². The van der Waals surface area contributed by atoms with E-state index in [1.807, 2.05) is 0 Å². The van der Waals surface area contributed by atoms with Crippen LogP contribution in [-0.4, -0.2) is 39.3 Å². The van der Waals surface area contributed by atoms with Crippen molar-refractivity contribution < 1.29 is 28.5 Å². The number of rotatable bonds is 8. The largest absolute Gasteiger partial charge is 0.497 e. The molecule has 0 aliphatic rings. The molecule has 2 aromatic rings. The summed E-state index contributed by atoms with van der Waals surface area (Å²) in [6, 6.07) is 9.98. The Morgan fingerprint density at radius 1 is 1.00 bits per heavy atom. The van der Waals surface area contributed by atoms with Crippen LogP contribution < -0.4 is 19.5 Å². The number of methoxy groups -OCH3 is 3. The third kappa shape index (κ3) is 6.15. The molecule has 2 aromatic carbocycles. The van der Waals surface area contributed by atoms with Crippen molar-refractivity contribution in [3.63, 3.8) is 0 Å². The molecule has 0 fully saturated rings. The van der Waals surface area contributed by atoms with Gasteiger partial charge in [-0.3, -0.25) is 4.79 Å². The summed E-state index contributed by atoms with van der Waals surface area (Å²) in [5.41, 5.74) is 1.04. The minimum Gasteiger partial charge on any atom is -0.497 e. The SMILES string of the molecule is COc1ccc(/C=C/C(=O)O[C@H](C)C(=O)Nc2cc(Cl)ccc2OC)c(OC)c1. The van der Waals surface area contributed by atoms with E-state index in [1.54, 1.807) is 43.5 Å². The Kier molecular flexibility index (Phi) is 7.91. The van der Waals surface area contributed by atoms with Crippen LogP contribution in [0.4, 0.5) is 5.69 Å². The lowest BCUT2D eigenvalue weighted by molar-refractivity contribution is -0.148. The number of carbonyl (C=O) groups excluding carboxylic acids is 2. The van der Waals surface area contributed by atoms with E-state index in [4.69, 9.17) is 30.5 Å². The molecule has 29 heavy (non-hydrogen) atoms. The third-order valence-corrected chi connectivity index (χ3v) is 4.16. The zero-order valence-corrected chi connectivity index (χ0v) is 17.3. The molecule has 0 aliphatic carbocycles. The van der Waals surface area contributed by atoms with Crippen molar-refractivity contribution in [1.82, 2.24) is 0 Å². The van der Waals surface area contributed by atoms with Crippen molar-refractivity contribution in [3.05, 3.63) is 53.1 Å². The van der Waals surface area contributed by atoms with Crippen molar-refractivity contribution in [1.29, 1.82) is 0 Å². The van der Waals surface area contributed by atoms with E-state index >= 15 is 0 Å². The van der Waals surface area contributed by atoms with Crippen molar-refractivity contribution in [3.8, 4) is 17.2 Å². The molecular weight excluding hydrogens is 398 g/mol. The topological polar surface area (TPSA) is 83.1 Å². The van der Waals surface area contributed by atoms with Crippen molar-refractivity contribution in [2.45, 2.75) is 13.0 Å². The van der Waals surface area contributed by atoms with Gasteiger partial charge in [0.15, 0.2) is 6.10 Å². The first-order valence-corrected chi connectivity index (χ1v) is 9.00. The first-order valence-electron chi connectivity index (χ1n) is 8.63. The van der Waals surface area contributed by atoms with E-state index in [2.05, 4.69) is 5.32 Å². The lowest BCUT2D eigenvalue weighted by atomic mass is 10.1. The van der Waals surface area contributed by atoms with Gasteiger partial charge >= 0.3 is 5.97 Å². The van der Waals surface area contributed by atoms with E-state index in [0.717, 1.165) is 0 Å². The Morgan fingerprint density at radius 3 is 2.38 bits per heavy atom. The van der Waals surface area contributed by atoms with Gasteiger partial charge in [-0.05, 0) is 43.3 Å². The summed E-state index contributed by atoms with van der Waals surface area (Å²) in [6.45, 7) is 1.46. The van der Waals surface area contributed by atoms with Crippen molar-refractivity contribution >= 4 is 35.2 Å². The lowest BCUT2D eigenvalue weighted by Crippen LogP contribution is -2.29. The molecule has 0 bridgehead atoms. The monoisotopic (exact) mass is 419 g/mol. The molecule has 0 aliphatic heterocycles. The van der Waals surface area contributed by atoms with Crippen LogP contribution in [0.1, 0.15) is 12.5 Å². The second-order valence-corrected chi connectivity index (χ2v) is 6.29. The van der Waals surface area contributed by atoms with E-state index in [0.29, 0.717) is 33.5 Å². The number of halogens is 1. The summed E-state index contributed by atoms with van der Waals surface area (Å²) in [4.78, 5) is 24.4. The minimum absolute atomic E-state index is 0.381. The van der Waals surface area contributed by atoms with Gasteiger partial charge in [0.1, 0.15) is 17.2 Å². The van der Waals surface area contributed by atoms with E-state index in [9.17, 15) is 9.59 Å². The molecule has 8 heteroatoms. The van der Waals surface area contributed by atoms with Gasteiger partial charge in [0, 0.05) is 22.7 Å². The number of carbonyl (C=O) groups is 2. The molecule has 0 saturated carbocycles. The standard InChI is InChI=1S/C21H22ClNO6/c1-13(21(25)23-17-11-15(22)7-9-18(17)27-3)29-20(24)10-6-14-5-8-16(26-2)12-19(14)28-4/h5-13H,1-4H3,(H,23,25)/b10-6+/t13-/m1/s1. The molecular formula is C21H22ClNO6.